The molecule has 2 N–H and O–H groups in total. The molecule has 2 aromatic rings. The summed E-state index contributed by atoms with van der Waals surface area (Å²) in [5.74, 6) is 0.144. The summed E-state index contributed by atoms with van der Waals surface area (Å²) >= 11 is 0. The average molecular weight is 404 g/mol. The standard InChI is InChI=1S/C20H25FN4O4/c1-13(18-23-17(24-29-18)14-3-2-4-15(21)11-14)22-19(27)25-8-6-20(7-9-25)12-16(26)5-10-28-20/h2-4,11,13,16,26H,5-10,12H2,1H3,(H,22,27). The fourth-order valence-electron chi connectivity index (χ4n) is 3.96. The lowest BCUT2D eigenvalue weighted by Gasteiger charge is -2.45. The topological polar surface area (TPSA) is 101 Å². The van der Waals surface area contributed by atoms with Crippen LogP contribution < -0.4 is 5.32 Å². The second-order valence-electron chi connectivity index (χ2n) is 7.80. The summed E-state index contributed by atoms with van der Waals surface area (Å²) in [6, 6.07) is 5.23. The quantitative estimate of drug-likeness (QED) is 0.816. The van der Waals surface area contributed by atoms with Crippen molar-refractivity contribution in [2.75, 3.05) is 19.7 Å². The van der Waals surface area contributed by atoms with Gasteiger partial charge in [0, 0.05) is 31.7 Å². The molecular formula is C20H25FN4O4. The lowest BCUT2D eigenvalue weighted by atomic mass is 9.83. The Labute approximate surface area is 168 Å². The molecule has 9 heteroatoms. The number of halogens is 1. The molecule has 3 heterocycles. The minimum atomic E-state index is -0.485. The molecule has 0 bridgehead atoms. The van der Waals surface area contributed by atoms with E-state index in [9.17, 15) is 14.3 Å². The molecule has 1 aromatic heterocycles. The van der Waals surface area contributed by atoms with Crippen molar-refractivity contribution in [2.45, 2.75) is 50.4 Å². The first-order valence-corrected chi connectivity index (χ1v) is 9.91. The smallest absolute Gasteiger partial charge is 0.318 e. The van der Waals surface area contributed by atoms with Gasteiger partial charge in [0.1, 0.15) is 11.9 Å². The molecule has 2 amide bonds. The SMILES string of the molecule is CC(NC(=O)N1CCC2(CC1)CC(O)CCO2)c1nc(-c2cccc(F)c2)no1. The fourth-order valence-corrected chi connectivity index (χ4v) is 3.96. The van der Waals surface area contributed by atoms with Crippen LogP contribution in [0, 0.1) is 5.82 Å². The van der Waals surface area contributed by atoms with Crippen molar-refractivity contribution in [1.82, 2.24) is 20.4 Å². The maximum absolute atomic E-state index is 13.4. The normalized spacial score (nSPS) is 22.4. The number of likely N-dealkylation sites (tertiary alicyclic amines) is 1. The summed E-state index contributed by atoms with van der Waals surface area (Å²) in [6.45, 7) is 3.44. The zero-order valence-corrected chi connectivity index (χ0v) is 16.3. The summed E-state index contributed by atoms with van der Waals surface area (Å²) < 4.78 is 24.6. The number of aliphatic hydroxyl groups is 1. The fraction of sp³-hybridized carbons (Fsp3) is 0.550. The van der Waals surface area contributed by atoms with Crippen LogP contribution in [0.2, 0.25) is 0 Å². The molecular weight excluding hydrogens is 379 g/mol. The van der Waals surface area contributed by atoms with Gasteiger partial charge in [0.25, 0.3) is 0 Å². The van der Waals surface area contributed by atoms with Crippen molar-refractivity contribution in [3.63, 3.8) is 0 Å². The highest BCUT2D eigenvalue weighted by Crippen LogP contribution is 2.35. The predicted molar refractivity (Wildman–Crippen MR) is 101 cm³/mol. The highest BCUT2D eigenvalue weighted by atomic mass is 19.1. The third-order valence-electron chi connectivity index (χ3n) is 5.66. The first kappa shape index (κ1) is 19.8. The number of aromatic nitrogens is 2. The Hall–Kier alpha value is -2.52. The summed E-state index contributed by atoms with van der Waals surface area (Å²) in [6.07, 6.45) is 2.38. The van der Waals surface area contributed by atoms with Gasteiger partial charge in [-0.2, -0.15) is 4.98 Å². The molecule has 156 valence electrons. The molecule has 1 spiro atoms. The summed E-state index contributed by atoms with van der Waals surface area (Å²) in [5.41, 5.74) is 0.196. The van der Waals surface area contributed by atoms with Crippen molar-refractivity contribution in [2.24, 2.45) is 0 Å². The van der Waals surface area contributed by atoms with E-state index in [-0.39, 0.29) is 35.3 Å². The van der Waals surface area contributed by atoms with Crippen LogP contribution in [-0.4, -0.2) is 57.6 Å². The maximum Gasteiger partial charge on any atom is 0.318 e. The number of carbonyl (C=O) groups is 1. The van der Waals surface area contributed by atoms with Gasteiger partial charge >= 0.3 is 6.03 Å². The molecule has 1 aromatic carbocycles. The number of aliphatic hydroxyl groups excluding tert-OH is 1. The van der Waals surface area contributed by atoms with E-state index in [0.29, 0.717) is 50.9 Å². The van der Waals surface area contributed by atoms with Crippen molar-refractivity contribution in [3.05, 3.63) is 36.0 Å². The van der Waals surface area contributed by atoms with Crippen LogP contribution in [0.25, 0.3) is 11.4 Å². The maximum atomic E-state index is 13.4. The van der Waals surface area contributed by atoms with Crippen molar-refractivity contribution in [1.29, 1.82) is 0 Å². The van der Waals surface area contributed by atoms with Gasteiger partial charge < -0.3 is 24.6 Å². The molecule has 0 radical (unpaired) electrons. The van der Waals surface area contributed by atoms with Gasteiger partial charge in [0.05, 0.1) is 11.7 Å². The van der Waals surface area contributed by atoms with Crippen molar-refractivity contribution in [3.8, 4) is 11.4 Å². The zero-order chi connectivity index (χ0) is 20.4. The van der Waals surface area contributed by atoms with E-state index >= 15 is 0 Å². The van der Waals surface area contributed by atoms with Crippen LogP contribution in [0.5, 0.6) is 0 Å². The number of hydrogen-bond donors (Lipinski definition) is 2. The van der Waals surface area contributed by atoms with Crippen molar-refractivity contribution >= 4 is 6.03 Å². The van der Waals surface area contributed by atoms with Gasteiger partial charge in [-0.1, -0.05) is 17.3 Å². The minimum absolute atomic E-state index is 0.214. The Morgan fingerprint density at radius 2 is 2.21 bits per heavy atom. The van der Waals surface area contributed by atoms with E-state index in [1.807, 2.05) is 0 Å². The third kappa shape index (κ3) is 4.40. The first-order chi connectivity index (χ1) is 13.9. The Balaban J connectivity index is 1.33. The van der Waals surface area contributed by atoms with E-state index in [1.165, 1.54) is 12.1 Å². The van der Waals surface area contributed by atoms with Gasteiger partial charge in [-0.25, -0.2) is 9.18 Å². The van der Waals surface area contributed by atoms with Gasteiger partial charge in [0.2, 0.25) is 11.7 Å². The summed E-state index contributed by atoms with van der Waals surface area (Å²) in [5, 5.41) is 16.7. The predicted octanol–water partition coefficient (Wildman–Crippen LogP) is 2.65. The Bertz CT molecular complexity index is 866. The number of piperidine rings is 1. The lowest BCUT2D eigenvalue weighted by Crippen LogP contribution is -2.53. The van der Waals surface area contributed by atoms with E-state index < -0.39 is 6.04 Å². The number of ether oxygens (including phenoxy) is 1. The van der Waals surface area contributed by atoms with Crippen molar-refractivity contribution < 1.29 is 23.6 Å². The number of amides is 2. The number of hydrogen-bond acceptors (Lipinski definition) is 6. The molecule has 0 aliphatic carbocycles. The van der Waals surface area contributed by atoms with E-state index in [0.717, 1.165) is 0 Å². The van der Waals surface area contributed by atoms with Crippen LogP contribution in [-0.2, 0) is 4.74 Å². The number of nitrogens with zero attached hydrogens (tertiary/aromatic N) is 3. The van der Waals surface area contributed by atoms with E-state index in [4.69, 9.17) is 9.26 Å². The second-order valence-corrected chi connectivity index (χ2v) is 7.80. The van der Waals surface area contributed by atoms with Gasteiger partial charge in [0.15, 0.2) is 0 Å². The van der Waals surface area contributed by atoms with E-state index in [1.54, 1.807) is 24.0 Å². The zero-order valence-electron chi connectivity index (χ0n) is 16.3. The summed E-state index contributed by atoms with van der Waals surface area (Å²) in [4.78, 5) is 18.6. The Morgan fingerprint density at radius 1 is 1.41 bits per heavy atom. The molecule has 4 rings (SSSR count). The molecule has 2 atom stereocenters. The molecule has 0 saturated carbocycles. The van der Waals surface area contributed by atoms with Gasteiger partial charge in [-0.3, -0.25) is 0 Å². The molecule has 29 heavy (non-hydrogen) atoms. The number of carbonyl (C=O) groups excluding carboxylic acids is 1. The number of rotatable bonds is 3. The monoisotopic (exact) mass is 404 g/mol. The van der Waals surface area contributed by atoms with Gasteiger partial charge in [-0.15, -0.1) is 0 Å². The highest BCUT2D eigenvalue weighted by molar-refractivity contribution is 5.74. The molecule has 2 aliphatic rings. The lowest BCUT2D eigenvalue weighted by molar-refractivity contribution is -0.139. The number of benzene rings is 1. The third-order valence-corrected chi connectivity index (χ3v) is 5.66. The second kappa shape index (κ2) is 8.08. The largest absolute Gasteiger partial charge is 0.393 e. The van der Waals surface area contributed by atoms with E-state index in [2.05, 4.69) is 15.5 Å². The van der Waals surface area contributed by atoms with Gasteiger partial charge in [-0.05, 0) is 38.3 Å². The summed E-state index contributed by atoms with van der Waals surface area (Å²) in [7, 11) is 0. The van der Waals surface area contributed by atoms with Crippen LogP contribution in [0.3, 0.4) is 0 Å². The molecule has 2 aliphatic heterocycles. The molecule has 2 saturated heterocycles. The number of urea groups is 1. The highest BCUT2D eigenvalue weighted by Gasteiger charge is 2.41. The first-order valence-electron chi connectivity index (χ1n) is 9.91. The Kier molecular flexibility index (Phi) is 5.51. The average Bonchev–Trinajstić information content (AvgIpc) is 3.19. The number of nitrogens with one attached hydrogen (secondary N) is 1. The molecule has 2 unspecified atom stereocenters. The van der Waals surface area contributed by atoms with Crippen LogP contribution >= 0.6 is 0 Å². The molecule has 8 nitrogen and oxygen atoms in total. The van der Waals surface area contributed by atoms with Crippen LogP contribution in [0.15, 0.2) is 28.8 Å². The molecule has 2 fully saturated rings. The van der Waals surface area contributed by atoms with Crippen LogP contribution in [0.4, 0.5) is 9.18 Å². The minimum Gasteiger partial charge on any atom is -0.393 e. The van der Waals surface area contributed by atoms with Crippen LogP contribution in [0.1, 0.15) is 44.5 Å². The Morgan fingerprint density at radius 3 is 2.93 bits per heavy atom.